The topological polar surface area (TPSA) is 44.3 Å². The molecule has 0 spiro atoms. The van der Waals surface area contributed by atoms with Crippen molar-refractivity contribution in [1.82, 2.24) is 14.9 Å². The molecule has 1 saturated carbocycles. The number of piperazine rings is 1. The summed E-state index contributed by atoms with van der Waals surface area (Å²) in [6.45, 7) is 2.16. The maximum atomic E-state index is 13.5. The summed E-state index contributed by atoms with van der Waals surface area (Å²) in [7, 11) is 2.20. The Kier molecular flexibility index (Phi) is 5.39. The third kappa shape index (κ3) is 4.20. The number of hydrogen-bond donors (Lipinski definition) is 1. The molecule has 1 N–H and O–H groups in total. The van der Waals surface area contributed by atoms with Crippen molar-refractivity contribution in [2.45, 2.75) is 58.3 Å². The van der Waals surface area contributed by atoms with Crippen LogP contribution in [-0.2, 0) is 6.18 Å². The number of hydrogen-bond acceptors (Lipinski definition) is 5. The van der Waals surface area contributed by atoms with Gasteiger partial charge in [0, 0.05) is 0 Å². The molecule has 2 aromatic rings. The molecular formula is C23H30F3N5Sn. The Hall–Kier alpha value is -1.55. The molecule has 172 valence electrons. The Morgan fingerprint density at radius 1 is 1.09 bits per heavy atom. The van der Waals surface area contributed by atoms with Gasteiger partial charge in [0.25, 0.3) is 0 Å². The molecule has 32 heavy (non-hydrogen) atoms. The molecule has 2 saturated heterocycles. The Morgan fingerprint density at radius 3 is 2.41 bits per heavy atom. The number of anilines is 3. The van der Waals surface area contributed by atoms with Crippen molar-refractivity contribution in [3.05, 3.63) is 35.5 Å². The number of alkyl halides is 3. The van der Waals surface area contributed by atoms with E-state index >= 15 is 0 Å². The molecule has 9 heteroatoms. The average Bonchev–Trinajstić information content (AvgIpc) is 3.38. The number of aromatic nitrogens is 2. The number of nitrogens with zero attached hydrogens (tertiary/aromatic N) is 4. The van der Waals surface area contributed by atoms with E-state index in [-0.39, 0.29) is 9.66 Å². The molecule has 2 bridgehead atoms. The molecule has 2 atom stereocenters. The summed E-state index contributed by atoms with van der Waals surface area (Å²) < 4.78 is 40.8. The van der Waals surface area contributed by atoms with Crippen LogP contribution in [0.1, 0.15) is 36.3 Å². The number of halogens is 3. The van der Waals surface area contributed by atoms with E-state index in [0.717, 1.165) is 37.8 Å². The summed E-state index contributed by atoms with van der Waals surface area (Å²) >= 11 is -3.12. The van der Waals surface area contributed by atoms with Gasteiger partial charge in [0.05, 0.1) is 0 Å². The molecule has 3 fully saturated rings. The molecule has 1 unspecified atom stereocenters. The van der Waals surface area contributed by atoms with Crippen LogP contribution in [0.3, 0.4) is 0 Å². The molecule has 3 aliphatic rings. The molecule has 3 heterocycles. The van der Waals surface area contributed by atoms with Gasteiger partial charge in [0.1, 0.15) is 0 Å². The quantitative estimate of drug-likeness (QED) is 0.552. The van der Waals surface area contributed by atoms with Gasteiger partial charge < -0.3 is 0 Å². The average molecular weight is 552 g/mol. The fourth-order valence-electron chi connectivity index (χ4n) is 5.10. The van der Waals surface area contributed by atoms with Gasteiger partial charge in [-0.25, -0.2) is 0 Å². The van der Waals surface area contributed by atoms with Crippen LogP contribution in [0.25, 0.3) is 0 Å². The zero-order valence-corrected chi connectivity index (χ0v) is 21.9. The van der Waals surface area contributed by atoms with Crippen molar-refractivity contribution >= 4 is 39.4 Å². The second kappa shape index (κ2) is 7.75. The summed E-state index contributed by atoms with van der Waals surface area (Å²) in [5, 5.41) is 3.26. The summed E-state index contributed by atoms with van der Waals surface area (Å²) in [5.74, 6) is 0.756. The van der Waals surface area contributed by atoms with E-state index in [2.05, 4.69) is 50.3 Å². The maximum absolute atomic E-state index is 13.5. The van der Waals surface area contributed by atoms with Gasteiger partial charge in [0.15, 0.2) is 0 Å². The molecule has 1 aliphatic carbocycles. The molecule has 2 aliphatic heterocycles. The molecule has 5 rings (SSSR count). The van der Waals surface area contributed by atoms with E-state index in [1.165, 1.54) is 17.7 Å². The summed E-state index contributed by atoms with van der Waals surface area (Å²) in [6.07, 6.45) is 0.0304. The van der Waals surface area contributed by atoms with E-state index in [1.807, 2.05) is 14.8 Å². The Morgan fingerprint density at radius 2 is 1.84 bits per heavy atom. The van der Waals surface area contributed by atoms with Crippen LogP contribution < -0.4 is 13.9 Å². The normalized spacial score (nSPS) is 23.8. The first-order chi connectivity index (χ1) is 15.0. The standard InChI is InChI=1S/C20H21F3N5.3CH3.Sn/c1-27-10-16-6-15(27)11-28(16)14-4-5-18(17(7-14)12-2-3-12)26-19-24-8-13(9-25-19)20(21,22)23;;;;/h4-5,7-8,12,15-16H,2-3,6,10-11H2,1H3,(H,24,25,26);3*1H3;/t15?,16-;;;;/m0..../s1. The van der Waals surface area contributed by atoms with Gasteiger partial charge in [-0.15, -0.1) is 0 Å². The van der Waals surface area contributed by atoms with Crippen molar-refractivity contribution < 1.29 is 13.2 Å². The summed E-state index contributed by atoms with van der Waals surface area (Å²) in [6, 6.07) is 7.65. The molecule has 1 aromatic heterocycles. The van der Waals surface area contributed by atoms with Gasteiger partial charge in [0.2, 0.25) is 0 Å². The van der Waals surface area contributed by atoms with Crippen LogP contribution >= 0.6 is 0 Å². The third-order valence-corrected chi connectivity index (χ3v) is 12.1. The minimum atomic E-state index is -4.43. The Labute approximate surface area is 191 Å². The number of likely N-dealkylation sites (tertiary alicyclic amines) is 1. The van der Waals surface area contributed by atoms with Crippen LogP contribution in [0.15, 0.2) is 24.4 Å². The minimum absolute atomic E-state index is 0.214. The van der Waals surface area contributed by atoms with E-state index in [4.69, 9.17) is 0 Å². The van der Waals surface area contributed by atoms with Crippen LogP contribution in [0.4, 0.5) is 30.5 Å². The summed E-state index contributed by atoms with van der Waals surface area (Å²) in [4.78, 5) is 19.2. The van der Waals surface area contributed by atoms with Crippen molar-refractivity contribution in [3.8, 4) is 0 Å². The van der Waals surface area contributed by atoms with Crippen LogP contribution in [0.2, 0.25) is 14.8 Å². The second-order valence-electron chi connectivity index (χ2n) is 10.5. The Balaban J connectivity index is 1.45. The van der Waals surface area contributed by atoms with E-state index in [9.17, 15) is 13.2 Å². The monoisotopic (exact) mass is 553 g/mol. The fourth-order valence-corrected chi connectivity index (χ4v) is 9.25. The van der Waals surface area contributed by atoms with Gasteiger partial charge in [-0.05, 0) is 7.05 Å². The van der Waals surface area contributed by atoms with Gasteiger partial charge in [-0.2, -0.15) is 0 Å². The van der Waals surface area contributed by atoms with E-state index in [1.54, 1.807) is 0 Å². The third-order valence-electron chi connectivity index (χ3n) is 6.95. The van der Waals surface area contributed by atoms with Gasteiger partial charge in [-0.3, -0.25) is 0 Å². The van der Waals surface area contributed by atoms with E-state index in [0.29, 0.717) is 18.0 Å². The molecular weight excluding hydrogens is 522 g/mol. The number of rotatable bonds is 5. The first-order valence-corrected chi connectivity index (χ1v) is 21.3. The van der Waals surface area contributed by atoms with E-state index < -0.39 is 30.1 Å². The molecule has 0 radical (unpaired) electrons. The number of nitrogens with one attached hydrogen (secondary N) is 1. The van der Waals surface area contributed by atoms with Gasteiger partial charge >= 0.3 is 185 Å². The van der Waals surface area contributed by atoms with Crippen molar-refractivity contribution in [2.24, 2.45) is 0 Å². The SMILES string of the molecule is CN1C[C@@H]2CC1CN2c1ccc(Nc2ncc(C(F)(F)F)[c]([Sn]([CH3])([CH3])[CH3])n2)c(C2CC2)c1. The van der Waals surface area contributed by atoms with Crippen molar-refractivity contribution in [1.29, 1.82) is 0 Å². The van der Waals surface area contributed by atoms with Crippen molar-refractivity contribution in [3.63, 3.8) is 0 Å². The molecule has 0 amide bonds. The predicted molar refractivity (Wildman–Crippen MR) is 124 cm³/mol. The molecule has 5 nitrogen and oxygen atoms in total. The summed E-state index contributed by atoms with van der Waals surface area (Å²) in [5.41, 5.74) is 2.70. The predicted octanol–water partition coefficient (Wildman–Crippen LogP) is 4.55. The second-order valence-corrected chi connectivity index (χ2v) is 24.7. The zero-order valence-electron chi connectivity index (χ0n) is 19.0. The number of likely N-dealkylation sites (N-methyl/N-ethyl adjacent to an activating group) is 1. The number of fused-ring (bicyclic) bond motifs is 2. The number of benzene rings is 1. The van der Waals surface area contributed by atoms with Crippen molar-refractivity contribution in [2.75, 3.05) is 30.4 Å². The van der Waals surface area contributed by atoms with Gasteiger partial charge in [-0.1, -0.05) is 0 Å². The Bertz CT molecular complexity index is 1030. The van der Waals surface area contributed by atoms with Crippen LogP contribution in [0, 0.1) is 0 Å². The van der Waals surface area contributed by atoms with Crippen LogP contribution in [-0.4, -0.2) is 65.5 Å². The fraction of sp³-hybridized carbons (Fsp3) is 0.565. The molecule has 1 aromatic carbocycles. The first kappa shape index (κ1) is 22.3. The zero-order chi connectivity index (χ0) is 22.8. The van der Waals surface area contributed by atoms with Crippen LogP contribution in [0.5, 0.6) is 0 Å². The first-order valence-electron chi connectivity index (χ1n) is 11.3.